The average molecular weight is 464 g/mol. The molecule has 0 saturated heterocycles. The highest BCUT2D eigenvalue weighted by Gasteiger charge is 2.34. The van der Waals surface area contributed by atoms with E-state index >= 15 is 0 Å². The second kappa shape index (κ2) is 8.41. The van der Waals surface area contributed by atoms with E-state index in [4.69, 9.17) is 23.2 Å². The molecule has 2 aromatic carbocycles. The van der Waals surface area contributed by atoms with Gasteiger partial charge in [0.1, 0.15) is 11.6 Å². The zero-order valence-electron chi connectivity index (χ0n) is 15.8. The Kier molecular flexibility index (Phi) is 5.86. The number of carbonyl (C=O) groups excluding carboxylic acids is 1. The summed E-state index contributed by atoms with van der Waals surface area (Å²) < 4.78 is 16.2. The zero-order valence-corrected chi connectivity index (χ0v) is 18.1. The van der Waals surface area contributed by atoms with Crippen molar-refractivity contribution in [2.45, 2.75) is 23.2 Å². The number of rotatable bonds is 4. The van der Waals surface area contributed by atoms with Crippen molar-refractivity contribution in [2.75, 3.05) is 5.32 Å². The molecule has 1 atom stereocenters. The normalized spacial score (nSPS) is 15.6. The molecule has 1 aromatic heterocycles. The number of anilines is 1. The van der Waals surface area contributed by atoms with Crippen LogP contribution in [0.4, 0.5) is 10.2 Å². The van der Waals surface area contributed by atoms with Crippen molar-refractivity contribution >= 4 is 46.7 Å². The number of aromatic nitrogens is 2. The number of nitrogens with one attached hydrogen (secondary N) is 1. The first-order valence-corrected chi connectivity index (χ1v) is 10.8. The van der Waals surface area contributed by atoms with Gasteiger partial charge in [0.25, 0.3) is 5.56 Å². The van der Waals surface area contributed by atoms with Gasteiger partial charge in [-0.3, -0.25) is 9.59 Å². The molecule has 1 aliphatic heterocycles. The summed E-state index contributed by atoms with van der Waals surface area (Å²) in [4.78, 5) is 29.5. The fourth-order valence-electron chi connectivity index (χ4n) is 3.51. The summed E-state index contributed by atoms with van der Waals surface area (Å²) >= 11 is 13.7. The molecule has 0 radical (unpaired) electrons. The number of hydrogen-bond acceptors (Lipinski definition) is 4. The number of fused-ring (bicyclic) bond motifs is 1. The van der Waals surface area contributed by atoms with Crippen LogP contribution in [0.5, 0.6) is 0 Å². The highest BCUT2D eigenvalue weighted by atomic mass is 35.5. The smallest absolute Gasteiger partial charge is 0.279 e. The van der Waals surface area contributed by atoms with E-state index in [0.29, 0.717) is 21.7 Å². The van der Waals surface area contributed by atoms with E-state index in [1.807, 2.05) is 18.2 Å². The maximum atomic E-state index is 14.6. The van der Waals surface area contributed by atoms with Gasteiger partial charge in [0, 0.05) is 40.7 Å². The Hall–Kier alpha value is -2.35. The predicted molar refractivity (Wildman–Crippen MR) is 117 cm³/mol. The Morgan fingerprint density at radius 3 is 2.60 bits per heavy atom. The van der Waals surface area contributed by atoms with E-state index in [2.05, 4.69) is 10.3 Å². The Bertz CT molecular complexity index is 1200. The first kappa shape index (κ1) is 20.9. The van der Waals surface area contributed by atoms with Crippen molar-refractivity contribution in [3.05, 3.63) is 85.4 Å². The lowest BCUT2D eigenvalue weighted by molar-refractivity contribution is -0.116. The molecular weight excluding hydrogens is 448 g/mol. The molecule has 1 unspecified atom stereocenters. The van der Waals surface area contributed by atoms with Crippen LogP contribution in [-0.2, 0) is 17.6 Å². The number of thioether (sulfide) groups is 1. The van der Waals surface area contributed by atoms with Crippen molar-refractivity contribution in [3.63, 3.8) is 0 Å². The molecule has 0 bridgehead atoms. The van der Waals surface area contributed by atoms with Crippen molar-refractivity contribution < 1.29 is 9.18 Å². The lowest BCUT2D eigenvalue weighted by Crippen LogP contribution is -2.34. The van der Waals surface area contributed by atoms with Gasteiger partial charge < -0.3 is 9.88 Å². The average Bonchev–Trinajstić information content (AvgIpc) is 2.70. The van der Waals surface area contributed by atoms with E-state index in [0.717, 1.165) is 5.56 Å². The highest BCUT2D eigenvalue weighted by Crippen LogP contribution is 2.40. The fraction of sp³-hybridized carbons (Fsp3) is 0.190. The molecular formula is C21H16Cl2FN3O2S. The minimum Gasteiger partial charge on any atom is -0.312 e. The topological polar surface area (TPSA) is 64.0 Å². The Labute approximate surface area is 186 Å². The monoisotopic (exact) mass is 463 g/mol. The third-order valence-electron chi connectivity index (χ3n) is 4.96. The second-order valence-electron chi connectivity index (χ2n) is 6.84. The lowest BCUT2D eigenvalue weighted by atomic mass is 9.86. The van der Waals surface area contributed by atoms with Crippen molar-refractivity contribution in [3.8, 4) is 0 Å². The molecule has 30 heavy (non-hydrogen) atoms. The molecule has 0 saturated carbocycles. The zero-order chi connectivity index (χ0) is 21.4. The number of carbonyl (C=O) groups is 1. The number of benzene rings is 2. The Morgan fingerprint density at radius 1 is 1.13 bits per heavy atom. The van der Waals surface area contributed by atoms with Gasteiger partial charge in [-0.1, -0.05) is 59.2 Å². The summed E-state index contributed by atoms with van der Waals surface area (Å²) in [5, 5.41) is 3.94. The third-order valence-corrected chi connectivity index (χ3v) is 6.74. The van der Waals surface area contributed by atoms with Gasteiger partial charge in [0.05, 0.1) is 5.56 Å². The maximum absolute atomic E-state index is 14.6. The highest BCUT2D eigenvalue weighted by molar-refractivity contribution is 7.98. The summed E-state index contributed by atoms with van der Waals surface area (Å²) in [7, 11) is 1.70. The van der Waals surface area contributed by atoms with Crippen LogP contribution in [0, 0.1) is 5.82 Å². The van der Waals surface area contributed by atoms with Crippen molar-refractivity contribution in [1.29, 1.82) is 0 Å². The molecule has 1 aliphatic rings. The summed E-state index contributed by atoms with van der Waals surface area (Å²) in [6, 6.07) is 11.7. The summed E-state index contributed by atoms with van der Waals surface area (Å²) in [5.74, 6) is -0.897. The van der Waals surface area contributed by atoms with Crippen LogP contribution in [0.2, 0.25) is 10.0 Å². The van der Waals surface area contributed by atoms with Crippen LogP contribution in [0.3, 0.4) is 0 Å². The molecule has 3 aromatic rings. The van der Waals surface area contributed by atoms with Crippen LogP contribution >= 0.6 is 35.0 Å². The SMILES string of the molecule is Cn1c(SCc2ccccc2Cl)nc(=O)c2c1NC(=O)CC2c1c(F)cccc1Cl. The summed E-state index contributed by atoms with van der Waals surface area (Å²) in [6.07, 6.45) is -0.0866. The van der Waals surface area contributed by atoms with Crippen molar-refractivity contribution in [1.82, 2.24) is 9.55 Å². The summed E-state index contributed by atoms with van der Waals surface area (Å²) in [5.41, 5.74) is 0.738. The lowest BCUT2D eigenvalue weighted by Gasteiger charge is -2.28. The number of nitrogens with zero attached hydrogens (tertiary/aromatic N) is 2. The second-order valence-corrected chi connectivity index (χ2v) is 8.60. The first-order chi connectivity index (χ1) is 14.4. The Morgan fingerprint density at radius 2 is 1.87 bits per heavy atom. The standard InChI is InChI=1S/C21H16Cl2FN3O2S/c1-27-19-18(12(9-16(28)25-19)17-14(23)7-4-8-15(17)24)20(29)26-21(27)30-10-11-5-2-3-6-13(11)22/h2-8,12H,9-10H2,1H3,(H,25,28). The molecule has 0 aliphatic carbocycles. The predicted octanol–water partition coefficient (Wildman–Crippen LogP) is 4.99. The fourth-order valence-corrected chi connectivity index (χ4v) is 5.06. The van der Waals surface area contributed by atoms with Crippen molar-refractivity contribution in [2.24, 2.45) is 7.05 Å². The van der Waals surface area contributed by atoms with E-state index in [9.17, 15) is 14.0 Å². The maximum Gasteiger partial charge on any atom is 0.279 e. The van der Waals surface area contributed by atoms with Gasteiger partial charge in [-0.15, -0.1) is 0 Å². The molecule has 0 fully saturated rings. The Balaban J connectivity index is 1.77. The van der Waals surface area contributed by atoms with Crippen LogP contribution < -0.4 is 10.9 Å². The van der Waals surface area contributed by atoms with E-state index in [1.54, 1.807) is 17.7 Å². The van der Waals surface area contributed by atoms with Gasteiger partial charge in [0.15, 0.2) is 5.16 Å². The van der Waals surface area contributed by atoms with Gasteiger partial charge in [-0.05, 0) is 23.8 Å². The van der Waals surface area contributed by atoms with Gasteiger partial charge in [-0.25, -0.2) is 4.39 Å². The molecule has 1 N–H and O–H groups in total. The molecule has 4 rings (SSSR count). The van der Waals surface area contributed by atoms with E-state index in [1.165, 1.54) is 30.0 Å². The van der Waals surface area contributed by atoms with Gasteiger partial charge in [-0.2, -0.15) is 4.98 Å². The minimum absolute atomic E-state index is 0.0866. The van der Waals surface area contributed by atoms with Crippen LogP contribution in [0.1, 0.15) is 29.0 Å². The van der Waals surface area contributed by atoms with E-state index in [-0.39, 0.29) is 28.5 Å². The molecule has 9 heteroatoms. The van der Waals surface area contributed by atoms with Crippen LogP contribution in [-0.4, -0.2) is 15.5 Å². The quantitative estimate of drug-likeness (QED) is 0.437. The molecule has 2 heterocycles. The van der Waals surface area contributed by atoms with Gasteiger partial charge in [0.2, 0.25) is 5.91 Å². The molecule has 0 spiro atoms. The largest absolute Gasteiger partial charge is 0.312 e. The van der Waals surface area contributed by atoms with E-state index < -0.39 is 17.3 Å². The summed E-state index contributed by atoms with van der Waals surface area (Å²) in [6.45, 7) is 0. The molecule has 154 valence electrons. The van der Waals surface area contributed by atoms with Gasteiger partial charge >= 0.3 is 0 Å². The minimum atomic E-state index is -0.809. The molecule has 5 nitrogen and oxygen atoms in total. The number of halogens is 3. The number of hydrogen-bond donors (Lipinski definition) is 1. The first-order valence-electron chi connectivity index (χ1n) is 9.07. The third kappa shape index (κ3) is 3.85. The van der Waals surface area contributed by atoms with Crippen LogP contribution in [0.15, 0.2) is 52.4 Å². The molecule has 1 amide bonds. The number of amides is 1. The van der Waals surface area contributed by atoms with Crippen LogP contribution in [0.25, 0.3) is 0 Å².